The van der Waals surface area contributed by atoms with Crippen LogP contribution in [-0.4, -0.2) is 25.4 Å². The van der Waals surface area contributed by atoms with Crippen molar-refractivity contribution >= 4 is 11.6 Å². The van der Waals surface area contributed by atoms with Crippen LogP contribution in [0.1, 0.15) is 136 Å². The molecule has 0 N–H and O–H groups in total. The molecule has 3 heteroatoms. The largest absolute Gasteiger partial charge is 0.353 e. The van der Waals surface area contributed by atoms with Crippen LogP contribution in [0.4, 0.5) is 0 Å². The molecule has 0 aromatic carbocycles. The summed E-state index contributed by atoms with van der Waals surface area (Å²) in [6, 6.07) is 0. The van der Waals surface area contributed by atoms with Gasteiger partial charge in [0.2, 0.25) is 0 Å². The minimum Gasteiger partial charge on any atom is -0.353 e. The molecule has 2 nitrogen and oxygen atoms in total. The third-order valence-corrected chi connectivity index (χ3v) is 5.69. The van der Waals surface area contributed by atoms with Gasteiger partial charge in [-0.3, -0.25) is 0 Å². The predicted molar refractivity (Wildman–Crippen MR) is 125 cm³/mol. The van der Waals surface area contributed by atoms with Gasteiger partial charge in [0.25, 0.3) is 0 Å². The Balaban J connectivity index is 3.80. The molecule has 0 saturated heterocycles. The zero-order chi connectivity index (χ0) is 20.5. The molecule has 0 fully saturated rings. The predicted octanol–water partition coefficient (Wildman–Crippen LogP) is 9.04. The van der Waals surface area contributed by atoms with Crippen LogP contribution in [0.5, 0.6) is 0 Å². The fraction of sp³-hybridized carbons (Fsp3) is 1.00. The van der Waals surface area contributed by atoms with E-state index in [1.54, 1.807) is 0 Å². The van der Waals surface area contributed by atoms with Gasteiger partial charge in [0, 0.05) is 19.1 Å². The van der Waals surface area contributed by atoms with E-state index in [9.17, 15) is 0 Å². The Morgan fingerprint density at radius 3 is 1.36 bits per heavy atom. The summed E-state index contributed by atoms with van der Waals surface area (Å²) in [5.41, 5.74) is 0. The van der Waals surface area contributed by atoms with E-state index < -0.39 is 0 Å². The van der Waals surface area contributed by atoms with Crippen LogP contribution >= 0.6 is 11.6 Å². The zero-order valence-electron chi connectivity index (χ0n) is 19.3. The van der Waals surface area contributed by atoms with Crippen LogP contribution in [0.25, 0.3) is 0 Å². The normalized spacial score (nSPS) is 11.6. The maximum absolute atomic E-state index is 6.10. The summed E-state index contributed by atoms with van der Waals surface area (Å²) in [4.78, 5) is 0. The Kier molecular flexibility index (Phi) is 25.4. The topological polar surface area (TPSA) is 18.5 Å². The molecule has 0 bridgehead atoms. The van der Waals surface area contributed by atoms with E-state index in [2.05, 4.69) is 13.8 Å². The van der Waals surface area contributed by atoms with E-state index in [4.69, 9.17) is 21.1 Å². The molecular weight excluding hydrogens is 368 g/mol. The van der Waals surface area contributed by atoms with E-state index >= 15 is 0 Å². The third kappa shape index (κ3) is 22.5. The van der Waals surface area contributed by atoms with Crippen molar-refractivity contribution < 1.29 is 9.47 Å². The van der Waals surface area contributed by atoms with Crippen molar-refractivity contribution in [3.63, 3.8) is 0 Å². The Bertz CT molecular complexity index is 230. The summed E-state index contributed by atoms with van der Waals surface area (Å²) in [7, 11) is 0. The van der Waals surface area contributed by atoms with E-state index in [1.807, 2.05) is 0 Å². The highest BCUT2D eigenvalue weighted by atomic mass is 35.5. The Morgan fingerprint density at radius 1 is 0.500 bits per heavy atom. The minimum absolute atomic E-state index is 0.0223. The number of alkyl halides is 1. The van der Waals surface area contributed by atoms with Crippen molar-refractivity contribution in [3.8, 4) is 0 Å². The van der Waals surface area contributed by atoms with Gasteiger partial charge in [-0.1, -0.05) is 104 Å². The number of hydrogen-bond donors (Lipinski definition) is 0. The Labute approximate surface area is 182 Å². The summed E-state index contributed by atoms with van der Waals surface area (Å²) in [6.45, 7) is 6.27. The maximum atomic E-state index is 6.10. The summed E-state index contributed by atoms with van der Waals surface area (Å²) < 4.78 is 12.2. The molecule has 0 saturated carbocycles. The number of hydrogen-bond acceptors (Lipinski definition) is 2. The molecule has 0 aliphatic rings. The second-order valence-corrected chi connectivity index (χ2v) is 8.68. The lowest BCUT2D eigenvalue weighted by molar-refractivity contribution is -0.148. The van der Waals surface area contributed by atoms with Crippen LogP contribution in [0.3, 0.4) is 0 Å². The molecule has 0 aliphatic carbocycles. The van der Waals surface area contributed by atoms with Gasteiger partial charge < -0.3 is 9.47 Å². The van der Waals surface area contributed by atoms with Gasteiger partial charge >= 0.3 is 0 Å². The SMILES string of the molecule is CCCCCCCCOC(CCCCCCCCCl)OCCCCCCCC. The average Bonchev–Trinajstić information content (AvgIpc) is 2.71. The molecule has 0 unspecified atom stereocenters. The molecule has 0 heterocycles. The number of unbranched alkanes of at least 4 members (excludes halogenated alkanes) is 15. The fourth-order valence-electron chi connectivity index (χ4n) is 3.52. The Morgan fingerprint density at radius 2 is 0.893 bits per heavy atom. The highest BCUT2D eigenvalue weighted by Crippen LogP contribution is 2.14. The van der Waals surface area contributed by atoms with Gasteiger partial charge in [0.1, 0.15) is 0 Å². The standard InChI is InChI=1S/C25H51ClO2/c1-3-5-7-9-15-19-23-27-25(21-17-13-11-12-14-18-22-26)28-24-20-16-10-8-6-4-2/h25H,3-24H2,1-2H3. The smallest absolute Gasteiger partial charge is 0.157 e. The molecule has 0 spiro atoms. The first kappa shape index (κ1) is 28.2. The average molecular weight is 419 g/mol. The monoisotopic (exact) mass is 418 g/mol. The van der Waals surface area contributed by atoms with Gasteiger partial charge in [-0.05, 0) is 32.1 Å². The van der Waals surface area contributed by atoms with Crippen molar-refractivity contribution in [2.75, 3.05) is 19.1 Å². The van der Waals surface area contributed by atoms with Gasteiger partial charge in [0.05, 0.1) is 0 Å². The third-order valence-electron chi connectivity index (χ3n) is 5.43. The molecule has 0 rings (SSSR count). The lowest BCUT2D eigenvalue weighted by Gasteiger charge is -2.19. The Hall–Kier alpha value is 0.210. The van der Waals surface area contributed by atoms with Gasteiger partial charge in [-0.15, -0.1) is 11.6 Å². The van der Waals surface area contributed by atoms with Crippen molar-refractivity contribution in [3.05, 3.63) is 0 Å². The van der Waals surface area contributed by atoms with E-state index in [0.717, 1.165) is 31.9 Å². The summed E-state index contributed by atoms with van der Waals surface area (Å²) in [6.07, 6.45) is 24.4. The van der Waals surface area contributed by atoms with E-state index in [1.165, 1.54) is 109 Å². The lowest BCUT2D eigenvalue weighted by atomic mass is 10.1. The zero-order valence-corrected chi connectivity index (χ0v) is 20.1. The van der Waals surface area contributed by atoms with Gasteiger partial charge in [0.15, 0.2) is 6.29 Å². The second-order valence-electron chi connectivity index (χ2n) is 8.31. The van der Waals surface area contributed by atoms with Crippen LogP contribution in [0.2, 0.25) is 0 Å². The number of ether oxygens (including phenoxy) is 2. The minimum atomic E-state index is 0.0223. The summed E-state index contributed by atoms with van der Waals surface area (Å²) in [5, 5.41) is 0. The summed E-state index contributed by atoms with van der Waals surface area (Å²) in [5.74, 6) is 0.806. The first-order chi connectivity index (χ1) is 13.8. The van der Waals surface area contributed by atoms with Crippen molar-refractivity contribution in [2.45, 2.75) is 142 Å². The molecular formula is C25H51ClO2. The number of halogens is 1. The molecule has 0 aromatic heterocycles. The molecule has 28 heavy (non-hydrogen) atoms. The molecule has 0 aliphatic heterocycles. The van der Waals surface area contributed by atoms with Gasteiger partial charge in [-0.25, -0.2) is 0 Å². The first-order valence-corrected chi connectivity index (χ1v) is 13.2. The van der Waals surface area contributed by atoms with Crippen LogP contribution in [0.15, 0.2) is 0 Å². The molecule has 0 radical (unpaired) electrons. The van der Waals surface area contributed by atoms with Crippen molar-refractivity contribution in [1.29, 1.82) is 0 Å². The first-order valence-electron chi connectivity index (χ1n) is 12.6. The van der Waals surface area contributed by atoms with E-state index in [0.29, 0.717) is 0 Å². The van der Waals surface area contributed by atoms with Gasteiger partial charge in [-0.2, -0.15) is 0 Å². The van der Waals surface area contributed by atoms with Crippen molar-refractivity contribution in [2.24, 2.45) is 0 Å². The lowest BCUT2D eigenvalue weighted by Crippen LogP contribution is -2.19. The molecule has 0 aromatic rings. The van der Waals surface area contributed by atoms with Crippen LogP contribution in [-0.2, 0) is 9.47 Å². The molecule has 170 valence electrons. The van der Waals surface area contributed by atoms with Crippen molar-refractivity contribution in [1.82, 2.24) is 0 Å². The quantitative estimate of drug-likeness (QED) is 0.0883. The highest BCUT2D eigenvalue weighted by molar-refractivity contribution is 6.17. The van der Waals surface area contributed by atoms with E-state index in [-0.39, 0.29) is 6.29 Å². The van der Waals surface area contributed by atoms with Crippen LogP contribution < -0.4 is 0 Å². The fourth-order valence-corrected chi connectivity index (χ4v) is 3.71. The van der Waals surface area contributed by atoms with Crippen LogP contribution in [0, 0.1) is 0 Å². The highest BCUT2D eigenvalue weighted by Gasteiger charge is 2.09. The molecule has 0 amide bonds. The molecule has 0 atom stereocenters. The maximum Gasteiger partial charge on any atom is 0.157 e. The number of rotatable bonds is 24. The summed E-state index contributed by atoms with van der Waals surface area (Å²) >= 11 is 5.74. The second kappa shape index (κ2) is 25.2.